The first kappa shape index (κ1) is 12.8. The smallest absolute Gasteiger partial charge is 0.190 e. The van der Waals surface area contributed by atoms with Crippen molar-refractivity contribution in [3.8, 4) is 0 Å². The highest BCUT2D eigenvalue weighted by Crippen LogP contribution is 2.78. The number of Topliss-reactive ketones (excluding diaryl/α,β-unsaturated/α-hetero) is 1. The Morgan fingerprint density at radius 1 is 1.20 bits per heavy atom. The molecule has 0 saturated heterocycles. The molecule has 2 heterocycles. The van der Waals surface area contributed by atoms with E-state index in [9.17, 15) is 9.18 Å². The van der Waals surface area contributed by atoms with Crippen molar-refractivity contribution in [3.63, 3.8) is 0 Å². The predicted molar refractivity (Wildman–Crippen MR) is 80.9 cm³/mol. The number of hydrogen-bond donors (Lipinski definition) is 0. The van der Waals surface area contributed by atoms with Gasteiger partial charge in [0.15, 0.2) is 5.78 Å². The number of hydrogen-bond acceptors (Lipinski definition) is 1. The summed E-state index contributed by atoms with van der Waals surface area (Å²) in [5.74, 6) is -0.115. The molecule has 1 aliphatic heterocycles. The van der Waals surface area contributed by atoms with Gasteiger partial charge in [0, 0.05) is 18.7 Å². The van der Waals surface area contributed by atoms with Crippen molar-refractivity contribution in [2.45, 2.75) is 15.7 Å². The lowest BCUT2D eigenvalue weighted by Crippen LogP contribution is -2.18. The van der Waals surface area contributed by atoms with Crippen LogP contribution < -0.4 is 0 Å². The highest BCUT2D eigenvalue weighted by molar-refractivity contribution is 9.25. The molecular formula is C15H10Br2FNO. The van der Waals surface area contributed by atoms with E-state index >= 15 is 0 Å². The Bertz CT molecular complexity index is 722. The van der Waals surface area contributed by atoms with Gasteiger partial charge in [0.25, 0.3) is 0 Å². The van der Waals surface area contributed by atoms with Crippen LogP contribution in [0.4, 0.5) is 4.39 Å². The highest BCUT2D eigenvalue weighted by atomic mass is 79.9. The lowest BCUT2D eigenvalue weighted by molar-refractivity contribution is 0.0914. The lowest BCUT2D eigenvalue weighted by Gasteiger charge is -2.07. The summed E-state index contributed by atoms with van der Waals surface area (Å²) in [5.41, 5.74) is 1.21. The Kier molecular flexibility index (Phi) is 2.44. The Morgan fingerprint density at radius 3 is 2.55 bits per heavy atom. The van der Waals surface area contributed by atoms with E-state index in [0.29, 0.717) is 6.54 Å². The lowest BCUT2D eigenvalue weighted by atomic mass is 9.95. The fraction of sp³-hybridized carbons (Fsp3) is 0.267. The Morgan fingerprint density at radius 2 is 1.90 bits per heavy atom. The number of carbonyl (C=O) groups is 1. The van der Waals surface area contributed by atoms with Crippen molar-refractivity contribution in [2.75, 3.05) is 0 Å². The van der Waals surface area contributed by atoms with E-state index in [4.69, 9.17) is 0 Å². The van der Waals surface area contributed by atoms with Gasteiger partial charge >= 0.3 is 0 Å². The van der Waals surface area contributed by atoms with Gasteiger partial charge in [-0.1, -0.05) is 44.0 Å². The van der Waals surface area contributed by atoms with Gasteiger partial charge in [-0.15, -0.1) is 0 Å². The number of fused-ring (bicyclic) bond motifs is 1. The summed E-state index contributed by atoms with van der Waals surface area (Å²) in [7, 11) is 0. The number of halogens is 3. The molecule has 0 unspecified atom stereocenters. The molecule has 0 radical (unpaired) electrons. The van der Waals surface area contributed by atoms with Crippen LogP contribution in [-0.2, 0) is 6.54 Å². The third-order valence-corrected chi connectivity index (χ3v) is 6.79. The minimum Gasteiger partial charge on any atom is -0.344 e. The molecular weight excluding hydrogens is 389 g/mol. The van der Waals surface area contributed by atoms with Crippen LogP contribution >= 0.6 is 31.9 Å². The minimum atomic E-state index is -0.512. The maximum Gasteiger partial charge on any atom is 0.190 e. The van der Waals surface area contributed by atoms with Gasteiger partial charge < -0.3 is 4.57 Å². The normalized spacial score (nSPS) is 29.8. The van der Waals surface area contributed by atoms with Crippen LogP contribution in [0.3, 0.4) is 0 Å². The molecule has 20 heavy (non-hydrogen) atoms. The summed E-state index contributed by atoms with van der Waals surface area (Å²) >= 11 is 7.33. The number of nitrogens with zero attached hydrogens (tertiary/aromatic N) is 1. The molecule has 0 N–H and O–H groups in total. The van der Waals surface area contributed by atoms with Gasteiger partial charge in [0.2, 0.25) is 0 Å². The van der Waals surface area contributed by atoms with Crippen LogP contribution in [0.2, 0.25) is 0 Å². The van der Waals surface area contributed by atoms with Crippen LogP contribution in [0, 0.1) is 11.2 Å². The number of ketones is 1. The van der Waals surface area contributed by atoms with Gasteiger partial charge in [-0.3, -0.25) is 4.79 Å². The molecule has 1 aliphatic carbocycles. The number of carbonyl (C=O) groups excluding carboxylic acids is 1. The SMILES string of the molecule is O=C1c2cccn2C[C@]12[C@@H](c1ccc(F)cc1)C2(Br)Br. The van der Waals surface area contributed by atoms with Gasteiger partial charge in [0.1, 0.15) is 9.05 Å². The summed E-state index contributed by atoms with van der Waals surface area (Å²) in [6.45, 7) is 0.646. The summed E-state index contributed by atoms with van der Waals surface area (Å²) in [6.07, 6.45) is 1.93. The average molecular weight is 399 g/mol. The largest absolute Gasteiger partial charge is 0.344 e. The van der Waals surface area contributed by atoms with Crippen molar-refractivity contribution in [1.29, 1.82) is 0 Å². The van der Waals surface area contributed by atoms with Crippen molar-refractivity contribution in [1.82, 2.24) is 4.57 Å². The van der Waals surface area contributed by atoms with Crippen LogP contribution in [0.5, 0.6) is 0 Å². The van der Waals surface area contributed by atoms with E-state index in [-0.39, 0.29) is 17.5 Å². The second-order valence-corrected chi connectivity index (χ2v) is 9.00. The Hall–Kier alpha value is -0.940. The molecule has 1 fully saturated rings. The van der Waals surface area contributed by atoms with E-state index in [1.165, 1.54) is 12.1 Å². The molecule has 1 spiro atoms. The van der Waals surface area contributed by atoms with Crippen molar-refractivity contribution in [2.24, 2.45) is 5.41 Å². The molecule has 2 nitrogen and oxygen atoms in total. The van der Waals surface area contributed by atoms with Crippen LogP contribution in [0.15, 0.2) is 42.6 Å². The zero-order chi connectivity index (χ0) is 14.1. The summed E-state index contributed by atoms with van der Waals surface area (Å²) in [4.78, 5) is 12.8. The zero-order valence-electron chi connectivity index (χ0n) is 10.3. The molecule has 102 valence electrons. The second kappa shape index (κ2) is 3.83. The maximum atomic E-state index is 13.1. The molecule has 1 saturated carbocycles. The quantitative estimate of drug-likeness (QED) is 0.663. The average Bonchev–Trinajstić information content (AvgIpc) is 2.74. The molecule has 2 atom stereocenters. The third kappa shape index (κ3) is 1.35. The van der Waals surface area contributed by atoms with E-state index in [1.54, 1.807) is 12.1 Å². The minimum absolute atomic E-state index is 0.00278. The Labute approximate surface area is 132 Å². The Balaban J connectivity index is 1.79. The number of aromatic nitrogens is 1. The third-order valence-electron chi connectivity index (χ3n) is 4.46. The standard InChI is InChI=1S/C15H10Br2FNO/c16-15(17)12(9-3-5-10(18)6-4-9)14(15)8-19-7-1-2-11(19)13(14)20/h1-7,12H,8H2/t12-,14+/m1/s1. The van der Waals surface area contributed by atoms with Crippen LogP contribution in [0.25, 0.3) is 0 Å². The first-order chi connectivity index (χ1) is 9.48. The fourth-order valence-corrected chi connectivity index (χ4v) is 5.56. The van der Waals surface area contributed by atoms with Crippen molar-refractivity contribution in [3.05, 3.63) is 59.7 Å². The molecule has 1 aromatic heterocycles. The molecule has 0 amide bonds. The first-order valence-electron chi connectivity index (χ1n) is 6.32. The highest BCUT2D eigenvalue weighted by Gasteiger charge is 2.80. The van der Waals surface area contributed by atoms with E-state index in [1.807, 2.05) is 22.9 Å². The summed E-state index contributed by atoms with van der Waals surface area (Å²) in [5, 5.41) is 0. The zero-order valence-corrected chi connectivity index (χ0v) is 13.5. The van der Waals surface area contributed by atoms with E-state index < -0.39 is 8.65 Å². The molecule has 1 aromatic carbocycles. The maximum absolute atomic E-state index is 13.1. The number of rotatable bonds is 1. The van der Waals surface area contributed by atoms with Crippen molar-refractivity contribution < 1.29 is 9.18 Å². The molecule has 0 bridgehead atoms. The van der Waals surface area contributed by atoms with Crippen LogP contribution in [-0.4, -0.2) is 13.6 Å². The molecule has 2 aromatic rings. The number of benzene rings is 1. The van der Waals surface area contributed by atoms with E-state index in [0.717, 1.165) is 11.3 Å². The molecule has 2 aliphatic rings. The number of alkyl halides is 2. The molecule has 5 heteroatoms. The van der Waals surface area contributed by atoms with Gasteiger partial charge in [0.05, 0.1) is 11.1 Å². The van der Waals surface area contributed by atoms with Gasteiger partial charge in [-0.25, -0.2) is 4.39 Å². The summed E-state index contributed by atoms with van der Waals surface area (Å²) in [6, 6.07) is 10.1. The van der Waals surface area contributed by atoms with Crippen molar-refractivity contribution >= 4 is 37.6 Å². The van der Waals surface area contributed by atoms with Crippen LogP contribution in [0.1, 0.15) is 22.0 Å². The predicted octanol–water partition coefficient (Wildman–Crippen LogP) is 4.09. The molecule has 4 rings (SSSR count). The van der Waals surface area contributed by atoms with E-state index in [2.05, 4.69) is 31.9 Å². The second-order valence-electron chi connectivity index (χ2n) is 5.43. The fourth-order valence-electron chi connectivity index (χ4n) is 3.41. The monoisotopic (exact) mass is 397 g/mol. The topological polar surface area (TPSA) is 22.0 Å². The van der Waals surface area contributed by atoms with Gasteiger partial charge in [-0.2, -0.15) is 0 Å². The summed E-state index contributed by atoms with van der Waals surface area (Å²) < 4.78 is 14.6. The van der Waals surface area contributed by atoms with Gasteiger partial charge in [-0.05, 0) is 29.8 Å². The first-order valence-corrected chi connectivity index (χ1v) is 7.90.